The van der Waals surface area contributed by atoms with Crippen LogP contribution in [0.2, 0.25) is 0 Å². The molecule has 130 valence electrons. The van der Waals surface area contributed by atoms with Gasteiger partial charge < -0.3 is 15.4 Å². The van der Waals surface area contributed by atoms with Crippen LogP contribution >= 0.6 is 0 Å². The van der Waals surface area contributed by atoms with Gasteiger partial charge in [0.1, 0.15) is 5.56 Å². The fourth-order valence-electron chi connectivity index (χ4n) is 3.72. The average Bonchev–Trinajstić information content (AvgIpc) is 2.93. The maximum atomic E-state index is 12.5. The Kier molecular flexibility index (Phi) is 3.54. The number of fused-ring (bicyclic) bond motifs is 3. The van der Waals surface area contributed by atoms with E-state index >= 15 is 0 Å². The van der Waals surface area contributed by atoms with E-state index in [1.807, 2.05) is 24.3 Å². The van der Waals surface area contributed by atoms with E-state index in [4.69, 9.17) is 0 Å². The van der Waals surface area contributed by atoms with Gasteiger partial charge in [-0.3, -0.25) is 14.3 Å². The van der Waals surface area contributed by atoms with Gasteiger partial charge in [0, 0.05) is 29.2 Å². The molecule has 4 N–H and O–H groups in total. The van der Waals surface area contributed by atoms with E-state index in [-0.39, 0.29) is 17.5 Å². The summed E-state index contributed by atoms with van der Waals surface area (Å²) >= 11 is 0. The zero-order chi connectivity index (χ0) is 17.7. The molecule has 0 radical (unpaired) electrons. The lowest BCUT2D eigenvalue weighted by molar-refractivity contribution is 0.366. The maximum Gasteiger partial charge on any atom is 0.331 e. The number of aromatic amines is 2. The second kappa shape index (κ2) is 5.63. The number of benzene rings is 1. The van der Waals surface area contributed by atoms with Crippen LogP contribution in [0.25, 0.3) is 10.9 Å². The first-order valence-corrected chi connectivity index (χ1v) is 8.39. The molecule has 4 rings (SSSR count). The second-order valence-electron chi connectivity index (χ2n) is 6.66. The summed E-state index contributed by atoms with van der Waals surface area (Å²) in [6, 6.07) is 7.21. The van der Waals surface area contributed by atoms with Gasteiger partial charge in [-0.2, -0.15) is 0 Å². The Bertz CT molecular complexity index is 1070. The minimum absolute atomic E-state index is 0.167. The van der Waals surface area contributed by atoms with Crippen molar-refractivity contribution in [1.29, 1.82) is 0 Å². The standard InChI is InChI=1S/C18H20N4O3/c1-9(2)22-17(24)13(16(23)21-18(22)25)15-14-11(7-8-19-15)10-5-3-4-6-12(10)20-14/h3-6,9,15,19-20,24H,7-8H2,1-2H3,(H,21,23,25)/t15-/m0/s1. The lowest BCUT2D eigenvalue weighted by Crippen LogP contribution is -2.39. The zero-order valence-electron chi connectivity index (χ0n) is 14.1. The van der Waals surface area contributed by atoms with Crippen LogP contribution in [-0.4, -0.2) is 26.2 Å². The van der Waals surface area contributed by atoms with Crippen LogP contribution in [0.3, 0.4) is 0 Å². The largest absolute Gasteiger partial charge is 0.494 e. The minimum Gasteiger partial charge on any atom is -0.494 e. The normalized spacial score (nSPS) is 17.2. The van der Waals surface area contributed by atoms with Crippen molar-refractivity contribution in [3.05, 3.63) is 61.9 Å². The third kappa shape index (κ3) is 2.31. The summed E-state index contributed by atoms with van der Waals surface area (Å²) in [5.74, 6) is -0.284. The number of H-pyrrole nitrogens is 2. The van der Waals surface area contributed by atoms with Crippen LogP contribution in [-0.2, 0) is 6.42 Å². The first-order valence-electron chi connectivity index (χ1n) is 8.39. The molecule has 1 aliphatic heterocycles. The highest BCUT2D eigenvalue weighted by Crippen LogP contribution is 2.34. The first-order chi connectivity index (χ1) is 12.0. The van der Waals surface area contributed by atoms with Crippen molar-refractivity contribution in [2.75, 3.05) is 6.54 Å². The molecule has 0 aliphatic carbocycles. The molecule has 0 amide bonds. The van der Waals surface area contributed by atoms with Gasteiger partial charge in [-0.1, -0.05) is 18.2 Å². The van der Waals surface area contributed by atoms with Crippen LogP contribution in [0.1, 0.15) is 42.8 Å². The summed E-state index contributed by atoms with van der Waals surface area (Å²) < 4.78 is 1.20. The predicted octanol–water partition coefficient (Wildman–Crippen LogP) is 1.54. The predicted molar refractivity (Wildman–Crippen MR) is 95.2 cm³/mol. The number of nitrogens with one attached hydrogen (secondary N) is 3. The van der Waals surface area contributed by atoms with E-state index < -0.39 is 17.3 Å². The van der Waals surface area contributed by atoms with E-state index in [2.05, 4.69) is 15.3 Å². The van der Waals surface area contributed by atoms with Crippen molar-refractivity contribution in [3.63, 3.8) is 0 Å². The van der Waals surface area contributed by atoms with Gasteiger partial charge in [0.2, 0.25) is 5.88 Å². The Morgan fingerprint density at radius 3 is 2.72 bits per heavy atom. The minimum atomic E-state index is -0.603. The number of hydrogen-bond acceptors (Lipinski definition) is 4. The van der Waals surface area contributed by atoms with Gasteiger partial charge in [-0.15, -0.1) is 0 Å². The third-order valence-corrected chi connectivity index (χ3v) is 4.82. The molecule has 7 heteroatoms. The van der Waals surface area contributed by atoms with E-state index in [0.29, 0.717) is 6.54 Å². The Morgan fingerprint density at radius 2 is 1.96 bits per heavy atom. The fraction of sp³-hybridized carbons (Fsp3) is 0.333. The van der Waals surface area contributed by atoms with Crippen LogP contribution in [0.15, 0.2) is 33.9 Å². The van der Waals surface area contributed by atoms with Crippen molar-refractivity contribution >= 4 is 10.9 Å². The van der Waals surface area contributed by atoms with E-state index in [1.54, 1.807) is 13.8 Å². The van der Waals surface area contributed by atoms with Gasteiger partial charge in [-0.25, -0.2) is 4.79 Å². The van der Waals surface area contributed by atoms with Crippen molar-refractivity contribution in [2.45, 2.75) is 32.4 Å². The van der Waals surface area contributed by atoms with Gasteiger partial charge in [-0.05, 0) is 31.9 Å². The Hall–Kier alpha value is -2.80. The lowest BCUT2D eigenvalue weighted by atomic mass is 9.95. The summed E-state index contributed by atoms with van der Waals surface area (Å²) in [5, 5.41) is 15.1. The number of nitrogens with zero attached hydrogens (tertiary/aromatic N) is 1. The molecule has 3 heterocycles. The highest BCUT2D eigenvalue weighted by Gasteiger charge is 2.31. The maximum absolute atomic E-state index is 12.5. The third-order valence-electron chi connectivity index (χ3n) is 4.82. The molecule has 0 unspecified atom stereocenters. The summed E-state index contributed by atoms with van der Waals surface area (Å²) in [5.41, 5.74) is 2.00. The number of aromatic nitrogens is 3. The lowest BCUT2D eigenvalue weighted by Gasteiger charge is -2.25. The highest BCUT2D eigenvalue weighted by molar-refractivity contribution is 5.85. The number of aromatic hydroxyl groups is 1. The number of para-hydroxylation sites is 1. The topological polar surface area (TPSA) is 103 Å². The van der Waals surface area contributed by atoms with Crippen molar-refractivity contribution in [3.8, 4) is 5.88 Å². The van der Waals surface area contributed by atoms with Crippen molar-refractivity contribution < 1.29 is 5.11 Å². The monoisotopic (exact) mass is 340 g/mol. The van der Waals surface area contributed by atoms with E-state index in [0.717, 1.165) is 28.6 Å². The highest BCUT2D eigenvalue weighted by atomic mass is 16.3. The molecular formula is C18H20N4O3. The number of hydrogen-bond donors (Lipinski definition) is 4. The zero-order valence-corrected chi connectivity index (χ0v) is 14.1. The van der Waals surface area contributed by atoms with Crippen LogP contribution in [0.5, 0.6) is 5.88 Å². The summed E-state index contributed by atoms with van der Waals surface area (Å²) in [6.07, 6.45) is 0.832. The Labute approximate surface area is 143 Å². The first kappa shape index (κ1) is 15.7. The summed E-state index contributed by atoms with van der Waals surface area (Å²) in [4.78, 5) is 30.2. The molecule has 1 atom stereocenters. The molecule has 0 saturated carbocycles. The molecule has 2 aromatic heterocycles. The van der Waals surface area contributed by atoms with E-state index in [1.165, 1.54) is 4.57 Å². The summed E-state index contributed by atoms with van der Waals surface area (Å²) in [6.45, 7) is 4.25. The van der Waals surface area contributed by atoms with E-state index in [9.17, 15) is 14.7 Å². The van der Waals surface area contributed by atoms with Gasteiger partial charge in [0.15, 0.2) is 0 Å². The van der Waals surface area contributed by atoms with Gasteiger partial charge in [0.05, 0.1) is 6.04 Å². The van der Waals surface area contributed by atoms with Gasteiger partial charge in [0.25, 0.3) is 5.56 Å². The summed E-state index contributed by atoms with van der Waals surface area (Å²) in [7, 11) is 0. The molecule has 1 aliphatic rings. The molecule has 1 aromatic carbocycles. The van der Waals surface area contributed by atoms with Crippen molar-refractivity contribution in [1.82, 2.24) is 19.9 Å². The van der Waals surface area contributed by atoms with Crippen molar-refractivity contribution in [2.24, 2.45) is 0 Å². The van der Waals surface area contributed by atoms with Crippen LogP contribution in [0.4, 0.5) is 0 Å². The smallest absolute Gasteiger partial charge is 0.331 e. The quantitative estimate of drug-likeness (QED) is 0.568. The molecule has 3 aromatic rings. The van der Waals surface area contributed by atoms with Crippen LogP contribution in [0, 0.1) is 0 Å². The molecule has 0 bridgehead atoms. The average molecular weight is 340 g/mol. The Morgan fingerprint density at radius 1 is 1.20 bits per heavy atom. The Balaban J connectivity index is 1.98. The molecule has 0 spiro atoms. The van der Waals surface area contributed by atoms with Crippen LogP contribution < -0.4 is 16.6 Å². The molecule has 0 fully saturated rings. The molecule has 0 saturated heterocycles. The molecular weight excluding hydrogens is 320 g/mol. The fourth-order valence-corrected chi connectivity index (χ4v) is 3.72. The second-order valence-corrected chi connectivity index (χ2v) is 6.66. The number of rotatable bonds is 2. The SMILES string of the molecule is CC(C)n1c(O)c([C@@H]2NCCc3c2[nH]c2ccccc32)c(=O)[nH]c1=O. The molecule has 7 nitrogen and oxygen atoms in total. The molecule has 25 heavy (non-hydrogen) atoms. The van der Waals surface area contributed by atoms with Gasteiger partial charge >= 0.3 is 5.69 Å².